The molecule has 1 aromatic rings. The molecule has 0 aliphatic heterocycles. The monoisotopic (exact) mass is 362 g/mol. The smallest absolute Gasteiger partial charge is 0.408 e. The fourth-order valence-corrected chi connectivity index (χ4v) is 2.71. The molecule has 0 saturated carbocycles. The molecule has 0 bridgehead atoms. The van der Waals surface area contributed by atoms with Crippen molar-refractivity contribution in [3.05, 3.63) is 20.8 Å². The van der Waals surface area contributed by atoms with Gasteiger partial charge in [0, 0.05) is 14.7 Å². The molecule has 1 unspecified atom stereocenters. The van der Waals surface area contributed by atoms with E-state index in [-0.39, 0.29) is 5.91 Å². The van der Waals surface area contributed by atoms with E-state index in [9.17, 15) is 9.59 Å². The first-order chi connectivity index (χ1) is 9.17. The maximum absolute atomic E-state index is 11.8. The maximum atomic E-state index is 11.8. The molecule has 2 N–H and O–H groups in total. The Morgan fingerprint density at radius 2 is 2.10 bits per heavy atom. The number of carbonyl (C=O) groups excluding carboxylic acids is 2. The van der Waals surface area contributed by atoms with E-state index in [2.05, 4.69) is 26.6 Å². The lowest BCUT2D eigenvalue weighted by Gasteiger charge is -2.21. The SMILES string of the molecule is CC(NC(=O)OC(C)(C)C)C(=O)NCc1cc(Br)cs1. The van der Waals surface area contributed by atoms with Gasteiger partial charge in [-0.3, -0.25) is 4.79 Å². The summed E-state index contributed by atoms with van der Waals surface area (Å²) < 4.78 is 6.08. The molecule has 5 nitrogen and oxygen atoms in total. The lowest BCUT2D eigenvalue weighted by molar-refractivity contribution is -0.122. The summed E-state index contributed by atoms with van der Waals surface area (Å²) in [5.74, 6) is -0.250. The van der Waals surface area contributed by atoms with Crippen LogP contribution in [0.15, 0.2) is 15.9 Å². The first-order valence-corrected chi connectivity index (χ1v) is 7.85. The highest BCUT2D eigenvalue weighted by atomic mass is 79.9. The molecule has 0 saturated heterocycles. The molecule has 1 aromatic heterocycles. The molecule has 0 aliphatic rings. The van der Waals surface area contributed by atoms with Crippen LogP contribution in [0.25, 0.3) is 0 Å². The number of hydrogen-bond donors (Lipinski definition) is 2. The molecule has 1 rings (SSSR count). The molecular weight excluding hydrogens is 344 g/mol. The minimum absolute atomic E-state index is 0.250. The van der Waals surface area contributed by atoms with Crippen LogP contribution in [0.4, 0.5) is 4.79 Å². The van der Waals surface area contributed by atoms with E-state index in [0.717, 1.165) is 9.35 Å². The molecule has 20 heavy (non-hydrogen) atoms. The summed E-state index contributed by atoms with van der Waals surface area (Å²) in [6.07, 6.45) is -0.598. The van der Waals surface area contributed by atoms with Gasteiger partial charge in [-0.2, -0.15) is 0 Å². The van der Waals surface area contributed by atoms with Crippen molar-refractivity contribution in [3.63, 3.8) is 0 Å². The summed E-state index contributed by atoms with van der Waals surface area (Å²) in [4.78, 5) is 24.4. The largest absolute Gasteiger partial charge is 0.444 e. The maximum Gasteiger partial charge on any atom is 0.408 e. The Labute approximate surface area is 131 Å². The average molecular weight is 363 g/mol. The van der Waals surface area contributed by atoms with Crippen LogP contribution in [-0.2, 0) is 16.1 Å². The van der Waals surface area contributed by atoms with Crippen molar-refractivity contribution < 1.29 is 14.3 Å². The molecule has 0 aliphatic carbocycles. The highest BCUT2D eigenvalue weighted by molar-refractivity contribution is 9.10. The van der Waals surface area contributed by atoms with Gasteiger partial charge in [-0.15, -0.1) is 11.3 Å². The molecule has 2 amide bonds. The fourth-order valence-electron chi connectivity index (χ4n) is 1.32. The Hall–Kier alpha value is -1.08. The van der Waals surface area contributed by atoms with Gasteiger partial charge < -0.3 is 15.4 Å². The second kappa shape index (κ2) is 7.08. The zero-order valence-electron chi connectivity index (χ0n) is 12.0. The van der Waals surface area contributed by atoms with Crippen LogP contribution in [0, 0.1) is 0 Å². The molecule has 1 atom stereocenters. The first kappa shape index (κ1) is 17.0. The number of carbonyl (C=O) groups is 2. The zero-order valence-corrected chi connectivity index (χ0v) is 14.4. The van der Waals surface area contributed by atoms with Crippen LogP contribution in [0.3, 0.4) is 0 Å². The van der Waals surface area contributed by atoms with Crippen LogP contribution in [0.5, 0.6) is 0 Å². The van der Waals surface area contributed by atoms with E-state index in [4.69, 9.17) is 4.74 Å². The summed E-state index contributed by atoms with van der Waals surface area (Å²) in [5, 5.41) is 7.21. The molecule has 1 heterocycles. The first-order valence-electron chi connectivity index (χ1n) is 6.17. The number of amides is 2. The number of ether oxygens (including phenoxy) is 1. The van der Waals surface area contributed by atoms with Gasteiger partial charge in [-0.1, -0.05) is 0 Å². The van der Waals surface area contributed by atoms with Crippen molar-refractivity contribution in [2.24, 2.45) is 0 Å². The summed E-state index contributed by atoms with van der Waals surface area (Å²) in [6.45, 7) is 7.36. The van der Waals surface area contributed by atoms with Crippen molar-refractivity contribution in [2.75, 3.05) is 0 Å². The molecule has 0 spiro atoms. The van der Waals surface area contributed by atoms with Gasteiger partial charge in [0.2, 0.25) is 5.91 Å². The molecule has 0 fully saturated rings. The summed E-state index contributed by atoms with van der Waals surface area (Å²) in [5.41, 5.74) is -0.580. The van der Waals surface area contributed by atoms with Crippen LogP contribution < -0.4 is 10.6 Å². The molecular formula is C13H19BrN2O3S. The van der Waals surface area contributed by atoms with Crippen molar-refractivity contribution in [1.82, 2.24) is 10.6 Å². The predicted octanol–water partition coefficient (Wildman–Crippen LogP) is 3.04. The minimum atomic E-state index is -0.645. The summed E-state index contributed by atoms with van der Waals surface area (Å²) in [7, 11) is 0. The summed E-state index contributed by atoms with van der Waals surface area (Å²) in [6, 6.07) is 1.30. The van der Waals surface area contributed by atoms with Gasteiger partial charge in [-0.05, 0) is 49.7 Å². The van der Waals surface area contributed by atoms with Gasteiger partial charge in [-0.25, -0.2) is 4.79 Å². The average Bonchev–Trinajstić information content (AvgIpc) is 2.69. The third kappa shape index (κ3) is 6.38. The molecule has 112 valence electrons. The number of hydrogen-bond acceptors (Lipinski definition) is 4. The minimum Gasteiger partial charge on any atom is -0.444 e. The van der Waals surface area contributed by atoms with E-state index >= 15 is 0 Å². The van der Waals surface area contributed by atoms with E-state index in [1.165, 1.54) is 0 Å². The van der Waals surface area contributed by atoms with Crippen molar-refractivity contribution >= 4 is 39.3 Å². The van der Waals surface area contributed by atoms with E-state index in [1.807, 2.05) is 11.4 Å². The Balaban J connectivity index is 2.37. The quantitative estimate of drug-likeness (QED) is 0.864. The molecule has 0 radical (unpaired) electrons. The Bertz CT molecular complexity index is 482. The number of halogens is 1. The Morgan fingerprint density at radius 3 is 2.60 bits per heavy atom. The van der Waals surface area contributed by atoms with E-state index in [0.29, 0.717) is 6.54 Å². The van der Waals surface area contributed by atoms with Gasteiger partial charge in [0.15, 0.2) is 0 Å². The normalized spacial score (nSPS) is 12.7. The van der Waals surface area contributed by atoms with Crippen molar-refractivity contribution in [1.29, 1.82) is 0 Å². The second-order valence-corrected chi connectivity index (χ2v) is 7.23. The topological polar surface area (TPSA) is 67.4 Å². The highest BCUT2D eigenvalue weighted by Crippen LogP contribution is 2.19. The number of thiophene rings is 1. The lowest BCUT2D eigenvalue weighted by atomic mass is 10.2. The standard InChI is InChI=1S/C13H19BrN2O3S/c1-8(16-12(18)19-13(2,3)4)11(17)15-6-10-5-9(14)7-20-10/h5,7-8H,6H2,1-4H3,(H,15,17)(H,16,18). The van der Waals surface area contributed by atoms with Gasteiger partial charge in [0.05, 0.1) is 6.54 Å². The van der Waals surface area contributed by atoms with Crippen molar-refractivity contribution in [2.45, 2.75) is 45.9 Å². The van der Waals surface area contributed by atoms with Gasteiger partial charge >= 0.3 is 6.09 Å². The highest BCUT2D eigenvalue weighted by Gasteiger charge is 2.20. The van der Waals surface area contributed by atoms with E-state index < -0.39 is 17.7 Å². The number of alkyl carbamates (subject to hydrolysis) is 1. The van der Waals surface area contributed by atoms with E-state index in [1.54, 1.807) is 39.0 Å². The lowest BCUT2D eigenvalue weighted by Crippen LogP contribution is -2.46. The zero-order chi connectivity index (χ0) is 15.3. The van der Waals surface area contributed by atoms with Gasteiger partial charge in [0.1, 0.15) is 11.6 Å². The number of rotatable bonds is 4. The van der Waals surface area contributed by atoms with Crippen LogP contribution >= 0.6 is 27.3 Å². The predicted molar refractivity (Wildman–Crippen MR) is 82.7 cm³/mol. The van der Waals surface area contributed by atoms with Crippen LogP contribution in [-0.4, -0.2) is 23.6 Å². The van der Waals surface area contributed by atoms with Gasteiger partial charge in [0.25, 0.3) is 0 Å². The fraction of sp³-hybridized carbons (Fsp3) is 0.538. The number of nitrogens with one attached hydrogen (secondary N) is 2. The van der Waals surface area contributed by atoms with Crippen molar-refractivity contribution in [3.8, 4) is 0 Å². The third-order valence-corrected chi connectivity index (χ3v) is 3.88. The second-order valence-electron chi connectivity index (χ2n) is 5.32. The molecule has 0 aromatic carbocycles. The molecule has 7 heteroatoms. The van der Waals surface area contributed by atoms with Crippen LogP contribution in [0.2, 0.25) is 0 Å². The Morgan fingerprint density at radius 1 is 1.45 bits per heavy atom. The van der Waals surface area contributed by atoms with Crippen LogP contribution in [0.1, 0.15) is 32.6 Å². The summed E-state index contributed by atoms with van der Waals surface area (Å²) >= 11 is 4.90. The third-order valence-electron chi connectivity index (χ3n) is 2.19. The Kier molecular flexibility index (Phi) is 6.01.